The molecule has 30 heavy (non-hydrogen) atoms. The predicted molar refractivity (Wildman–Crippen MR) is 108 cm³/mol. The van der Waals surface area contributed by atoms with E-state index in [0.717, 1.165) is 0 Å². The fourth-order valence-electron chi connectivity index (χ4n) is 3.07. The first-order valence-corrected chi connectivity index (χ1v) is 9.37. The van der Waals surface area contributed by atoms with Gasteiger partial charge in [0.2, 0.25) is 5.91 Å². The minimum absolute atomic E-state index is 0.110. The first-order valence-electron chi connectivity index (χ1n) is 9.37. The first kappa shape index (κ1) is 21.3. The second-order valence-corrected chi connectivity index (χ2v) is 6.77. The number of rotatable bonds is 7. The molecular weight excluding hydrogens is 392 g/mol. The molecule has 0 spiro atoms. The van der Waals surface area contributed by atoms with Gasteiger partial charge in [0, 0.05) is 36.4 Å². The zero-order valence-electron chi connectivity index (χ0n) is 16.4. The van der Waals surface area contributed by atoms with Gasteiger partial charge in [0.25, 0.3) is 5.56 Å². The molecule has 3 rings (SSSR count). The van der Waals surface area contributed by atoms with Gasteiger partial charge in [0.15, 0.2) is 0 Å². The van der Waals surface area contributed by atoms with Crippen molar-refractivity contribution in [1.82, 2.24) is 14.9 Å². The van der Waals surface area contributed by atoms with Crippen LogP contribution >= 0.6 is 0 Å². The van der Waals surface area contributed by atoms with Crippen LogP contribution < -0.4 is 10.9 Å². The fraction of sp³-hybridized carbons (Fsp3) is 0.227. The minimum atomic E-state index is -0.439. The molecule has 8 heteroatoms. The van der Waals surface area contributed by atoms with Crippen molar-refractivity contribution in [2.24, 2.45) is 0 Å². The average Bonchev–Trinajstić information content (AvgIpc) is 2.73. The van der Waals surface area contributed by atoms with E-state index in [1.807, 2.05) is 0 Å². The topological polar surface area (TPSA) is 84.2 Å². The van der Waals surface area contributed by atoms with E-state index in [1.165, 1.54) is 41.0 Å². The molecule has 0 fully saturated rings. The molecule has 2 N–H and O–H groups in total. The summed E-state index contributed by atoms with van der Waals surface area (Å²) in [5, 5.41) is 12.0. The Morgan fingerprint density at radius 1 is 1.07 bits per heavy atom. The Morgan fingerprint density at radius 2 is 1.67 bits per heavy atom. The van der Waals surface area contributed by atoms with E-state index < -0.39 is 17.3 Å². The van der Waals surface area contributed by atoms with Crippen molar-refractivity contribution in [1.29, 1.82) is 0 Å². The Bertz CT molecular complexity index is 1090. The maximum atomic E-state index is 13.3. The number of halogens is 2. The van der Waals surface area contributed by atoms with Gasteiger partial charge in [-0.1, -0.05) is 12.1 Å². The monoisotopic (exact) mass is 413 g/mol. The summed E-state index contributed by atoms with van der Waals surface area (Å²) in [5.41, 5.74) is 1.51. The average molecular weight is 413 g/mol. The highest BCUT2D eigenvalue weighted by Crippen LogP contribution is 2.18. The Labute approximate surface area is 171 Å². The van der Waals surface area contributed by atoms with Crippen LogP contribution in [0.1, 0.15) is 16.8 Å². The number of aliphatic hydroxyl groups is 1. The largest absolute Gasteiger partial charge is 0.396 e. The van der Waals surface area contributed by atoms with E-state index in [1.54, 1.807) is 19.1 Å². The van der Waals surface area contributed by atoms with Crippen LogP contribution in [0.5, 0.6) is 0 Å². The maximum absolute atomic E-state index is 13.3. The van der Waals surface area contributed by atoms with Gasteiger partial charge in [-0.05, 0) is 48.9 Å². The number of carbonyl (C=O) groups is 1. The van der Waals surface area contributed by atoms with Gasteiger partial charge < -0.3 is 10.4 Å². The first-order chi connectivity index (χ1) is 14.4. The molecule has 156 valence electrons. The third-order valence-corrected chi connectivity index (χ3v) is 4.64. The summed E-state index contributed by atoms with van der Waals surface area (Å²) in [7, 11) is 0. The Balaban J connectivity index is 1.91. The number of aromatic nitrogens is 2. The minimum Gasteiger partial charge on any atom is -0.396 e. The van der Waals surface area contributed by atoms with Crippen LogP contribution in [0.2, 0.25) is 0 Å². The number of benzene rings is 2. The lowest BCUT2D eigenvalue weighted by Crippen LogP contribution is -2.35. The second-order valence-electron chi connectivity index (χ2n) is 6.77. The van der Waals surface area contributed by atoms with Crippen molar-refractivity contribution < 1.29 is 18.7 Å². The Morgan fingerprint density at radius 3 is 2.27 bits per heavy atom. The number of nitrogens with one attached hydrogen (secondary N) is 1. The molecule has 1 amide bonds. The van der Waals surface area contributed by atoms with Gasteiger partial charge in [-0.25, -0.2) is 13.8 Å². The van der Waals surface area contributed by atoms with E-state index in [2.05, 4.69) is 10.3 Å². The van der Waals surface area contributed by atoms with Crippen LogP contribution in [0, 0.1) is 18.6 Å². The third kappa shape index (κ3) is 4.96. The molecule has 1 aromatic heterocycles. The maximum Gasteiger partial charge on any atom is 0.257 e. The number of carbonyl (C=O) groups excluding carboxylic acids is 1. The van der Waals surface area contributed by atoms with E-state index >= 15 is 0 Å². The smallest absolute Gasteiger partial charge is 0.257 e. The van der Waals surface area contributed by atoms with Gasteiger partial charge >= 0.3 is 0 Å². The van der Waals surface area contributed by atoms with Crippen molar-refractivity contribution >= 4 is 5.91 Å². The number of aryl methyl sites for hydroxylation is 1. The number of hydrogen-bond donors (Lipinski definition) is 2. The van der Waals surface area contributed by atoms with Crippen LogP contribution in [0.25, 0.3) is 11.4 Å². The number of amides is 1. The fourth-order valence-corrected chi connectivity index (χ4v) is 3.07. The zero-order valence-corrected chi connectivity index (χ0v) is 16.4. The molecule has 0 atom stereocenters. The summed E-state index contributed by atoms with van der Waals surface area (Å²) in [6.45, 7) is 1.28. The van der Waals surface area contributed by atoms with Crippen LogP contribution in [0.15, 0.2) is 53.3 Å². The summed E-state index contributed by atoms with van der Waals surface area (Å²) in [6, 6.07) is 11.2. The SMILES string of the molecule is Cc1nc(-c2ccc(F)cc2)n(CC(=O)NCc2ccc(F)cc2)c(=O)c1CCO. The van der Waals surface area contributed by atoms with Gasteiger partial charge in [-0.3, -0.25) is 14.2 Å². The highest BCUT2D eigenvalue weighted by molar-refractivity contribution is 5.76. The molecule has 0 saturated carbocycles. The summed E-state index contributed by atoms with van der Waals surface area (Å²) < 4.78 is 27.5. The molecule has 3 aromatic rings. The zero-order chi connectivity index (χ0) is 21.7. The molecule has 2 aromatic carbocycles. The molecule has 0 bridgehead atoms. The van der Waals surface area contributed by atoms with Crippen LogP contribution in [-0.2, 0) is 24.3 Å². The van der Waals surface area contributed by atoms with Crippen LogP contribution in [-0.4, -0.2) is 27.2 Å². The summed E-state index contributed by atoms with van der Waals surface area (Å²) in [4.78, 5) is 30.0. The second kappa shape index (κ2) is 9.41. The molecule has 0 aliphatic heterocycles. The van der Waals surface area contributed by atoms with Crippen molar-refractivity contribution in [3.05, 3.63) is 87.3 Å². The van der Waals surface area contributed by atoms with Crippen molar-refractivity contribution in [2.75, 3.05) is 6.61 Å². The number of hydrogen-bond acceptors (Lipinski definition) is 4. The molecule has 0 aliphatic rings. The van der Waals surface area contributed by atoms with Gasteiger partial charge in [0.1, 0.15) is 24.0 Å². The van der Waals surface area contributed by atoms with E-state index in [0.29, 0.717) is 22.4 Å². The van der Waals surface area contributed by atoms with Gasteiger partial charge in [-0.15, -0.1) is 0 Å². The molecule has 0 aliphatic carbocycles. The lowest BCUT2D eigenvalue weighted by molar-refractivity contribution is -0.121. The van der Waals surface area contributed by atoms with E-state index in [9.17, 15) is 23.5 Å². The standard InChI is InChI=1S/C22H21F2N3O3/c1-14-19(10-11-28)22(30)27(21(26-14)16-4-8-18(24)9-5-16)13-20(29)25-12-15-2-6-17(23)7-3-15/h2-9,28H,10-13H2,1H3,(H,25,29). The van der Waals surface area contributed by atoms with Crippen LogP contribution in [0.3, 0.4) is 0 Å². The number of aliphatic hydroxyl groups excluding tert-OH is 1. The van der Waals surface area contributed by atoms with Crippen LogP contribution in [0.4, 0.5) is 8.78 Å². The molecule has 1 heterocycles. The van der Waals surface area contributed by atoms with Crippen molar-refractivity contribution in [2.45, 2.75) is 26.4 Å². The van der Waals surface area contributed by atoms with Crippen molar-refractivity contribution in [3.8, 4) is 11.4 Å². The molecule has 0 saturated heterocycles. The lowest BCUT2D eigenvalue weighted by Gasteiger charge is -2.16. The number of nitrogens with zero attached hydrogens (tertiary/aromatic N) is 2. The molecule has 0 radical (unpaired) electrons. The lowest BCUT2D eigenvalue weighted by atomic mass is 10.1. The van der Waals surface area contributed by atoms with Gasteiger partial charge in [0.05, 0.1) is 0 Å². The quantitative estimate of drug-likeness (QED) is 0.623. The van der Waals surface area contributed by atoms with E-state index in [4.69, 9.17) is 0 Å². The third-order valence-electron chi connectivity index (χ3n) is 4.64. The summed E-state index contributed by atoms with van der Waals surface area (Å²) >= 11 is 0. The van der Waals surface area contributed by atoms with E-state index in [-0.39, 0.29) is 37.8 Å². The van der Waals surface area contributed by atoms with Crippen molar-refractivity contribution in [3.63, 3.8) is 0 Å². The van der Waals surface area contributed by atoms with Gasteiger partial charge in [-0.2, -0.15) is 0 Å². The Kier molecular flexibility index (Phi) is 6.68. The normalized spacial score (nSPS) is 10.8. The summed E-state index contributed by atoms with van der Waals surface area (Å²) in [5.74, 6) is -1.01. The highest BCUT2D eigenvalue weighted by Gasteiger charge is 2.17. The summed E-state index contributed by atoms with van der Waals surface area (Å²) in [6.07, 6.45) is 0.110. The molecular formula is C22H21F2N3O3. The predicted octanol–water partition coefficient (Wildman–Crippen LogP) is 2.35. The highest BCUT2D eigenvalue weighted by atomic mass is 19.1. The Hall–Kier alpha value is -3.39. The molecule has 6 nitrogen and oxygen atoms in total. The molecule has 0 unspecified atom stereocenters.